The van der Waals surface area contributed by atoms with Gasteiger partial charge in [0.15, 0.2) is 0 Å². The van der Waals surface area contributed by atoms with Crippen LogP contribution in [-0.2, 0) is 11.6 Å². The van der Waals surface area contributed by atoms with Gasteiger partial charge in [-0.25, -0.2) is 0 Å². The number of hydrogen-bond acceptors (Lipinski definition) is 2. The monoisotopic (exact) mass is 136 g/mol. The van der Waals surface area contributed by atoms with Crippen LogP contribution in [0.3, 0.4) is 0 Å². The van der Waals surface area contributed by atoms with Crippen molar-refractivity contribution in [3.05, 3.63) is 0 Å². The normalized spacial score (nSPS) is 7.50. The lowest BCUT2D eigenvalue weighted by molar-refractivity contribution is 0.626. The molecule has 0 aliphatic heterocycles. The second kappa shape index (κ2) is 9.94. The molecule has 0 aromatic carbocycles. The van der Waals surface area contributed by atoms with Gasteiger partial charge >= 0.3 is 11.6 Å². The Labute approximate surface area is 53.9 Å². The maximum absolute atomic E-state index is 8.29. The van der Waals surface area contributed by atoms with Crippen LogP contribution >= 0.6 is 0 Å². The summed E-state index contributed by atoms with van der Waals surface area (Å²) in [5, 5.41) is 0. The molecule has 8 heavy (non-hydrogen) atoms. The molecule has 50 valence electrons. The van der Waals surface area contributed by atoms with Gasteiger partial charge in [0.1, 0.15) is 0 Å². The van der Waals surface area contributed by atoms with Crippen molar-refractivity contribution in [1.29, 1.82) is 0 Å². The van der Waals surface area contributed by atoms with Crippen molar-refractivity contribution in [2.45, 2.75) is 27.2 Å². The van der Waals surface area contributed by atoms with E-state index in [9.17, 15) is 0 Å². The minimum atomic E-state index is -0.750. The Balaban J connectivity index is 0. The molecule has 0 aromatic heterocycles. The van der Waals surface area contributed by atoms with E-state index in [-0.39, 0.29) is 0 Å². The summed E-state index contributed by atoms with van der Waals surface area (Å²) in [5.41, 5.74) is 0. The van der Waals surface area contributed by atoms with Gasteiger partial charge in [-0.3, -0.25) is 0 Å². The molecule has 0 aliphatic rings. The molecule has 0 saturated heterocycles. The van der Waals surface area contributed by atoms with Crippen molar-refractivity contribution >= 4 is 11.6 Å². The van der Waals surface area contributed by atoms with E-state index in [0.717, 1.165) is 5.92 Å². The summed E-state index contributed by atoms with van der Waals surface area (Å²) in [4.78, 5) is 0. The molecule has 0 fully saturated rings. The summed E-state index contributed by atoms with van der Waals surface area (Å²) < 4.78 is 16.6. The van der Waals surface area contributed by atoms with Gasteiger partial charge in [0.05, 0.1) is 0 Å². The summed E-state index contributed by atoms with van der Waals surface area (Å²) in [6.07, 6.45) is 1.31. The molecule has 0 spiro atoms. The van der Waals surface area contributed by atoms with Crippen LogP contribution in [0.15, 0.2) is 0 Å². The maximum atomic E-state index is 8.29. The number of rotatable bonds is 1. The van der Waals surface area contributed by atoms with Crippen LogP contribution in [0.1, 0.15) is 27.2 Å². The van der Waals surface area contributed by atoms with E-state index in [1.54, 1.807) is 0 Å². The Bertz CT molecular complexity index is 64.8. The molecule has 0 unspecified atom stereocenters. The highest BCUT2D eigenvalue weighted by molar-refractivity contribution is 7.51. The van der Waals surface area contributed by atoms with E-state index in [1.165, 1.54) is 6.42 Å². The summed E-state index contributed by atoms with van der Waals surface area (Å²) >= 11 is -0.750. The van der Waals surface area contributed by atoms with E-state index in [1.807, 2.05) is 0 Å². The largest absolute Gasteiger partial charge is 0.335 e. The van der Waals surface area contributed by atoms with Crippen LogP contribution in [0.5, 0.6) is 0 Å². The van der Waals surface area contributed by atoms with Crippen LogP contribution in [0.2, 0.25) is 0 Å². The molecule has 0 saturated carbocycles. The fourth-order valence-corrected chi connectivity index (χ4v) is 0. The summed E-state index contributed by atoms with van der Waals surface area (Å²) in [6, 6.07) is 0. The lowest BCUT2D eigenvalue weighted by Gasteiger charge is -1.90. The summed E-state index contributed by atoms with van der Waals surface area (Å²) in [6.45, 7) is 6.64. The Morgan fingerprint density at radius 1 is 1.38 bits per heavy atom. The summed E-state index contributed by atoms with van der Waals surface area (Å²) in [5.74, 6) is 0.884. The zero-order valence-corrected chi connectivity index (χ0v) is 6.33. The maximum Gasteiger partial charge on any atom is 0.335 e. The first kappa shape index (κ1) is 10.7. The molecule has 0 aliphatic carbocycles. The Morgan fingerprint density at radius 3 is 1.50 bits per heavy atom. The predicted molar refractivity (Wildman–Crippen MR) is 34.0 cm³/mol. The van der Waals surface area contributed by atoms with E-state index in [2.05, 4.69) is 20.8 Å². The smallest absolute Gasteiger partial charge is 0.168 e. The Kier molecular flexibility index (Phi) is 13.3. The average molecular weight is 136 g/mol. The first-order valence-electron chi connectivity index (χ1n) is 2.60. The van der Waals surface area contributed by atoms with Gasteiger partial charge in [-0.1, -0.05) is 27.2 Å². The predicted octanol–water partition coefficient (Wildman–Crippen LogP) is 1.38. The second-order valence-corrected chi connectivity index (χ2v) is 2.01. The van der Waals surface area contributed by atoms with Gasteiger partial charge in [-0.05, 0) is 5.92 Å². The van der Waals surface area contributed by atoms with Crippen LogP contribution < -0.4 is 0 Å². The van der Waals surface area contributed by atoms with Gasteiger partial charge < -0.3 is 0 Å². The first-order chi connectivity index (χ1) is 3.68. The van der Waals surface area contributed by atoms with Crippen LogP contribution in [-0.4, -0.2) is 8.42 Å². The van der Waals surface area contributed by atoms with Crippen molar-refractivity contribution in [2.75, 3.05) is 0 Å². The molecule has 0 atom stereocenters. The fourth-order valence-electron chi connectivity index (χ4n) is 0. The molecule has 0 N–H and O–H groups in total. The molecule has 0 heterocycles. The second-order valence-electron chi connectivity index (χ2n) is 1.87. The molecule has 3 heteroatoms. The molecule has 2 nitrogen and oxygen atoms in total. The minimum Gasteiger partial charge on any atom is -0.168 e. The van der Waals surface area contributed by atoms with Crippen molar-refractivity contribution in [1.82, 2.24) is 0 Å². The van der Waals surface area contributed by atoms with Crippen molar-refractivity contribution in [2.24, 2.45) is 5.92 Å². The molecule has 0 rings (SSSR count). The molecular formula is C5H12O2S. The fraction of sp³-hybridized carbons (Fsp3) is 1.00. The van der Waals surface area contributed by atoms with E-state index < -0.39 is 11.6 Å². The van der Waals surface area contributed by atoms with E-state index in [0.29, 0.717) is 0 Å². The standard InChI is InChI=1S/C5H12.O2S/c1-4-5(2)3;1-3-2/h5H,4H2,1-3H3;. The van der Waals surface area contributed by atoms with Crippen molar-refractivity contribution < 1.29 is 8.42 Å². The lowest BCUT2D eigenvalue weighted by Crippen LogP contribution is -1.77. The molecule has 0 amide bonds. The summed E-state index contributed by atoms with van der Waals surface area (Å²) in [7, 11) is 0. The van der Waals surface area contributed by atoms with Crippen LogP contribution in [0, 0.1) is 5.92 Å². The van der Waals surface area contributed by atoms with Crippen molar-refractivity contribution in [3.63, 3.8) is 0 Å². The van der Waals surface area contributed by atoms with Gasteiger partial charge in [0.25, 0.3) is 0 Å². The van der Waals surface area contributed by atoms with Crippen molar-refractivity contribution in [3.8, 4) is 0 Å². The van der Waals surface area contributed by atoms with Gasteiger partial charge in [0, 0.05) is 0 Å². The minimum absolute atomic E-state index is 0.750. The van der Waals surface area contributed by atoms with Gasteiger partial charge in [-0.2, -0.15) is 8.42 Å². The topological polar surface area (TPSA) is 34.1 Å². The third-order valence-electron chi connectivity index (χ3n) is 0.816. The molecule has 0 radical (unpaired) electrons. The molecular weight excluding hydrogens is 124 g/mol. The highest BCUT2D eigenvalue weighted by Gasteiger charge is 1.80. The quantitative estimate of drug-likeness (QED) is 0.545. The lowest BCUT2D eigenvalue weighted by atomic mass is 10.2. The van der Waals surface area contributed by atoms with E-state index >= 15 is 0 Å². The highest BCUT2D eigenvalue weighted by Crippen LogP contribution is 1.93. The van der Waals surface area contributed by atoms with Gasteiger partial charge in [0.2, 0.25) is 0 Å². The SMILES string of the molecule is CCC(C)C.O=S=O. The third-order valence-corrected chi connectivity index (χ3v) is 0.816. The van der Waals surface area contributed by atoms with E-state index in [4.69, 9.17) is 8.42 Å². The third kappa shape index (κ3) is 40.8. The average Bonchev–Trinajstić information content (AvgIpc) is 1.69. The first-order valence-corrected chi connectivity index (χ1v) is 3.27. The van der Waals surface area contributed by atoms with Crippen LogP contribution in [0.25, 0.3) is 0 Å². The van der Waals surface area contributed by atoms with Crippen LogP contribution in [0.4, 0.5) is 0 Å². The molecule has 0 aromatic rings. The highest BCUT2D eigenvalue weighted by atomic mass is 32.1. The zero-order valence-electron chi connectivity index (χ0n) is 5.51. The number of hydrogen-bond donors (Lipinski definition) is 0. The molecule has 0 bridgehead atoms. The zero-order chi connectivity index (χ0) is 6.99. The Morgan fingerprint density at radius 2 is 1.50 bits per heavy atom. The van der Waals surface area contributed by atoms with Gasteiger partial charge in [-0.15, -0.1) is 0 Å². The Hall–Kier alpha value is -0.180.